The molecule has 0 aliphatic carbocycles. The lowest BCUT2D eigenvalue weighted by Crippen LogP contribution is -2.47. The highest BCUT2D eigenvalue weighted by Gasteiger charge is 2.45. The van der Waals surface area contributed by atoms with Crippen LogP contribution < -0.4 is 5.73 Å². The van der Waals surface area contributed by atoms with E-state index in [1.807, 2.05) is 135 Å². The van der Waals surface area contributed by atoms with Gasteiger partial charge in [0, 0.05) is 36.1 Å². The summed E-state index contributed by atoms with van der Waals surface area (Å²) in [6, 6.07) is 48.7. The van der Waals surface area contributed by atoms with E-state index >= 15 is 0 Å². The van der Waals surface area contributed by atoms with Crippen molar-refractivity contribution < 1.29 is 43.0 Å². The number of thiol groups is 1. The van der Waals surface area contributed by atoms with Gasteiger partial charge in [0.2, 0.25) is 5.91 Å². The van der Waals surface area contributed by atoms with Gasteiger partial charge in [0.25, 0.3) is 23.6 Å². The van der Waals surface area contributed by atoms with Crippen LogP contribution in [0.2, 0.25) is 0 Å². The van der Waals surface area contributed by atoms with Crippen LogP contribution >= 0.6 is 36.2 Å². The molecular formula is C64H72N4O9S3. The number of rotatable bonds is 16. The van der Waals surface area contributed by atoms with Crippen molar-refractivity contribution in [2.24, 2.45) is 17.6 Å². The third-order valence-electron chi connectivity index (χ3n) is 13.4. The number of nitrogens with zero attached hydrogens (tertiary/aromatic N) is 3. The maximum Gasteiger partial charge on any atom is 0.331 e. The van der Waals surface area contributed by atoms with Crippen LogP contribution in [0.15, 0.2) is 170 Å². The molecule has 420 valence electrons. The molecule has 3 heterocycles. The zero-order valence-corrected chi connectivity index (χ0v) is 48.9. The molecule has 0 spiro atoms. The average molecular weight is 1140 g/mol. The fourth-order valence-corrected chi connectivity index (χ4v) is 11.0. The van der Waals surface area contributed by atoms with Crippen molar-refractivity contribution >= 4 is 77.6 Å². The van der Waals surface area contributed by atoms with Crippen LogP contribution in [0.25, 0.3) is 0 Å². The predicted molar refractivity (Wildman–Crippen MR) is 322 cm³/mol. The van der Waals surface area contributed by atoms with E-state index in [2.05, 4.69) is 47.2 Å². The van der Waals surface area contributed by atoms with E-state index in [9.17, 15) is 33.6 Å². The second-order valence-corrected chi connectivity index (χ2v) is 22.7. The molecule has 6 aromatic carbocycles. The molecule has 1 fully saturated rings. The van der Waals surface area contributed by atoms with Gasteiger partial charge in [0.05, 0.1) is 28.3 Å². The first-order chi connectivity index (χ1) is 38.5. The molecule has 3 aliphatic rings. The highest BCUT2D eigenvalue weighted by molar-refractivity contribution is 7.99. The van der Waals surface area contributed by atoms with Crippen molar-refractivity contribution in [3.63, 3.8) is 0 Å². The molecule has 3 aliphatic heterocycles. The summed E-state index contributed by atoms with van der Waals surface area (Å²) in [5.74, 6) is 0.942. The monoisotopic (exact) mass is 1140 g/mol. The van der Waals surface area contributed by atoms with Crippen molar-refractivity contribution in [3.05, 3.63) is 214 Å². The van der Waals surface area contributed by atoms with Crippen LogP contribution in [-0.2, 0) is 23.9 Å². The summed E-state index contributed by atoms with van der Waals surface area (Å²) in [4.78, 5) is 93.8. The number of carbonyl (C=O) groups is 7. The largest absolute Gasteiger partial charge is 0.451 e. The molecule has 0 saturated carbocycles. The van der Waals surface area contributed by atoms with Crippen LogP contribution in [0.4, 0.5) is 0 Å². The molecule has 13 nitrogen and oxygen atoms in total. The van der Waals surface area contributed by atoms with Gasteiger partial charge in [-0.25, -0.2) is 9.59 Å². The molecule has 4 unspecified atom stereocenters. The summed E-state index contributed by atoms with van der Waals surface area (Å²) in [5.41, 5.74) is 10.0. The van der Waals surface area contributed by atoms with E-state index in [0.29, 0.717) is 23.1 Å². The molecule has 0 bridgehead atoms. The highest BCUT2D eigenvalue weighted by atomic mass is 32.2. The lowest BCUT2D eigenvalue weighted by Gasteiger charge is -2.27. The van der Waals surface area contributed by atoms with E-state index in [4.69, 9.17) is 15.2 Å². The zero-order chi connectivity index (χ0) is 57.9. The molecule has 2 N–H and O–H groups in total. The molecule has 0 aromatic heterocycles. The quantitative estimate of drug-likeness (QED) is 0.0534. The van der Waals surface area contributed by atoms with E-state index in [1.165, 1.54) is 18.2 Å². The Morgan fingerprint density at radius 1 is 0.550 bits per heavy atom. The van der Waals surface area contributed by atoms with E-state index < -0.39 is 59.9 Å². The smallest absolute Gasteiger partial charge is 0.331 e. The second-order valence-electron chi connectivity index (χ2n) is 20.2. The molecular weight excluding hydrogens is 1060 g/mol. The predicted octanol–water partition coefficient (Wildman–Crippen LogP) is 11.2. The van der Waals surface area contributed by atoms with E-state index in [1.54, 1.807) is 65.2 Å². The average Bonchev–Trinajstić information content (AvgIpc) is 4.01. The summed E-state index contributed by atoms with van der Waals surface area (Å²) in [5, 5.41) is 0. The first kappa shape index (κ1) is 62.2. The van der Waals surface area contributed by atoms with Gasteiger partial charge in [-0.1, -0.05) is 187 Å². The molecule has 1 saturated heterocycles. The van der Waals surface area contributed by atoms with Crippen molar-refractivity contribution in [2.45, 2.75) is 84.3 Å². The number of amides is 5. The number of esters is 2. The van der Waals surface area contributed by atoms with Gasteiger partial charge in [-0.15, -0.1) is 0 Å². The molecule has 80 heavy (non-hydrogen) atoms. The number of fused-ring (bicyclic) bond motifs is 2. The van der Waals surface area contributed by atoms with Crippen LogP contribution in [0, 0.1) is 11.8 Å². The maximum atomic E-state index is 13.6. The summed E-state index contributed by atoms with van der Waals surface area (Å²) >= 11 is 7.53. The number of hydrogen-bond acceptors (Lipinski definition) is 13. The number of carbonyl (C=O) groups excluding carboxylic acids is 7. The van der Waals surface area contributed by atoms with Gasteiger partial charge in [0.15, 0.2) is 12.2 Å². The Bertz CT molecular complexity index is 2870. The van der Waals surface area contributed by atoms with Crippen molar-refractivity contribution in [1.82, 2.24) is 14.7 Å². The molecule has 0 radical (unpaired) electrons. The summed E-state index contributed by atoms with van der Waals surface area (Å²) in [6.45, 7) is 12.9. The van der Waals surface area contributed by atoms with Crippen LogP contribution in [0.5, 0.6) is 0 Å². The number of thioether (sulfide) groups is 2. The number of nitrogens with two attached hydrogens (primary N) is 1. The Morgan fingerprint density at radius 3 is 1.20 bits per heavy atom. The van der Waals surface area contributed by atoms with Gasteiger partial charge in [-0.3, -0.25) is 33.8 Å². The van der Waals surface area contributed by atoms with E-state index in [-0.39, 0.29) is 34.6 Å². The van der Waals surface area contributed by atoms with Crippen molar-refractivity contribution in [3.8, 4) is 0 Å². The minimum absolute atomic E-state index is 0.0411. The maximum absolute atomic E-state index is 13.6. The number of imide groups is 2. The van der Waals surface area contributed by atoms with Crippen molar-refractivity contribution in [2.75, 3.05) is 35.8 Å². The topological polar surface area (TPSA) is 174 Å². The minimum Gasteiger partial charge on any atom is -0.451 e. The van der Waals surface area contributed by atoms with Crippen LogP contribution in [0.1, 0.15) is 124 Å². The Labute approximate surface area is 484 Å². The number of ether oxygens (including phenoxy) is 2. The molecule has 9 rings (SSSR count). The van der Waals surface area contributed by atoms with Gasteiger partial charge in [0.1, 0.15) is 12.1 Å². The summed E-state index contributed by atoms with van der Waals surface area (Å²) in [7, 11) is 1.82. The first-order valence-electron chi connectivity index (χ1n) is 26.8. The zero-order valence-electron chi connectivity index (χ0n) is 46.4. The van der Waals surface area contributed by atoms with Gasteiger partial charge >= 0.3 is 11.9 Å². The fraction of sp³-hybridized carbons (Fsp3) is 0.328. The minimum atomic E-state index is -1.13. The Kier molecular flexibility index (Phi) is 23.8. The number of hydrogen-bond donors (Lipinski definition) is 2. The first-order valence-corrected chi connectivity index (χ1v) is 29.8. The third-order valence-corrected chi connectivity index (χ3v) is 16.5. The molecule has 16 heteroatoms. The molecule has 4 atom stereocenters. The van der Waals surface area contributed by atoms with Gasteiger partial charge < -0.3 is 20.1 Å². The fourth-order valence-electron chi connectivity index (χ4n) is 8.49. The summed E-state index contributed by atoms with van der Waals surface area (Å²) in [6.07, 6.45) is -0.0138. The van der Waals surface area contributed by atoms with Crippen LogP contribution in [0.3, 0.4) is 0 Å². The van der Waals surface area contributed by atoms with Gasteiger partial charge in [-0.2, -0.15) is 36.2 Å². The highest BCUT2D eigenvalue weighted by Crippen LogP contribution is 2.33. The third kappa shape index (κ3) is 16.1. The molecule has 5 amide bonds. The second kappa shape index (κ2) is 30.6. The lowest BCUT2D eigenvalue weighted by atomic mass is 10.0. The Morgan fingerprint density at radius 2 is 0.875 bits per heavy atom. The standard InChI is InChI=1S/C28H27NO4S.C24H19NO4S.C7H14N2OS.C5H12/c1-19(2)17-34-18-24(29-26(30)22-15-9-10-16-23(22)27(29)31)28(32)33-25(20-11-5-3-6-12-20)21-13-7-4-8-14-21;26-22-18-13-7-8-14-19(18)23(27)25(22)20(15-30)24(28)29-21(16-9-3-1-4-10-16)17-11-5-2-6-12-17;1-5-3-11-4-6(8)7(10)9(5)2;1-4-5(2)3/h3-16,19,24-25H,17-18H2,1-2H3;1-14,20-21,30H,15H2;5-6H,3-4,8H2,1-2H3;5H,4H2,1-3H3. The summed E-state index contributed by atoms with van der Waals surface area (Å²) < 4.78 is 11.9. The number of benzene rings is 6. The number of likely N-dealkylation sites (N-methyl/N-ethyl adjacent to an activating group) is 1. The SMILES string of the molecule is CC(C)CSCC(C(=O)OC(c1ccccc1)c1ccccc1)N1C(=O)c2ccccc2C1=O.CC1CSCC(N)C(=O)N1C.CCC(C)C.O=C(OC(c1ccccc1)c1ccccc1)C(CS)N1C(=O)c2ccccc2C1=O. The Hall–Kier alpha value is -6.98. The van der Waals surface area contributed by atoms with Crippen molar-refractivity contribution in [1.29, 1.82) is 0 Å². The Balaban J connectivity index is 0.000000204. The molecule has 6 aromatic rings. The van der Waals surface area contributed by atoms with Gasteiger partial charge in [-0.05, 0) is 71.0 Å². The lowest BCUT2D eigenvalue weighted by molar-refractivity contribution is -0.152. The van der Waals surface area contributed by atoms with E-state index in [0.717, 1.165) is 55.2 Å². The normalized spacial score (nSPS) is 16.4. The van der Waals surface area contributed by atoms with Crippen LogP contribution in [-0.4, -0.2) is 116 Å².